The number of hydrogen-bond acceptors (Lipinski definition) is 5. The van der Waals surface area contributed by atoms with Gasteiger partial charge in [-0.2, -0.15) is 13.2 Å². The van der Waals surface area contributed by atoms with E-state index in [0.717, 1.165) is 0 Å². The smallest absolute Gasteiger partial charge is 0.389 e. The lowest BCUT2D eigenvalue weighted by atomic mass is 10.0. The van der Waals surface area contributed by atoms with Gasteiger partial charge in [0.1, 0.15) is 6.17 Å². The minimum Gasteiger partial charge on any atom is -0.478 e. The van der Waals surface area contributed by atoms with Crippen LogP contribution in [0.5, 0.6) is 0 Å². The van der Waals surface area contributed by atoms with Gasteiger partial charge in [0.25, 0.3) is 0 Å². The maximum Gasteiger partial charge on any atom is 0.389 e. The zero-order valence-electron chi connectivity index (χ0n) is 15.0. The first kappa shape index (κ1) is 21.1. The van der Waals surface area contributed by atoms with E-state index in [9.17, 15) is 23.1 Å². The molecular weight excluding hydrogens is 369 g/mol. The van der Waals surface area contributed by atoms with Crippen molar-refractivity contribution in [2.24, 2.45) is 0 Å². The summed E-state index contributed by atoms with van der Waals surface area (Å²) in [5.74, 6) is -0.402. The van der Waals surface area contributed by atoms with E-state index in [1.54, 1.807) is 6.92 Å². The van der Waals surface area contributed by atoms with Crippen molar-refractivity contribution in [3.8, 4) is 0 Å². The molecule has 0 amide bonds. The van der Waals surface area contributed by atoms with Gasteiger partial charge in [0, 0.05) is 26.1 Å². The molecule has 1 fully saturated rings. The van der Waals surface area contributed by atoms with Gasteiger partial charge in [0.2, 0.25) is 0 Å². The molecule has 148 valence electrons. The van der Waals surface area contributed by atoms with E-state index in [4.69, 9.17) is 4.74 Å². The number of thioether (sulfide) groups is 1. The van der Waals surface area contributed by atoms with Crippen LogP contribution in [0, 0.1) is 0 Å². The number of hydrogen-bond donors (Lipinski definition) is 1. The van der Waals surface area contributed by atoms with Crippen molar-refractivity contribution in [3.63, 3.8) is 0 Å². The quantitative estimate of drug-likeness (QED) is 0.715. The van der Waals surface area contributed by atoms with Crippen molar-refractivity contribution in [2.75, 3.05) is 38.6 Å². The average Bonchev–Trinajstić information content (AvgIpc) is 2.56. The van der Waals surface area contributed by atoms with Crippen LogP contribution in [0.15, 0.2) is 22.3 Å². The molecule has 1 saturated heterocycles. The van der Waals surface area contributed by atoms with Gasteiger partial charge in [-0.15, -0.1) is 11.8 Å². The SMILES string of the molecule is CCSC1=C(C(=O)O)C(C)=CC(N2CCOCC2)N1CCCC(F)(F)F. The van der Waals surface area contributed by atoms with Crippen molar-refractivity contribution in [1.29, 1.82) is 0 Å². The Morgan fingerprint density at radius 1 is 1.38 bits per heavy atom. The van der Waals surface area contributed by atoms with Crippen molar-refractivity contribution in [2.45, 2.75) is 39.0 Å². The molecule has 0 aliphatic carbocycles. The predicted octanol–water partition coefficient (Wildman–Crippen LogP) is 3.30. The number of morpholine rings is 1. The molecule has 1 atom stereocenters. The second-order valence-electron chi connectivity index (χ2n) is 6.24. The van der Waals surface area contributed by atoms with Crippen molar-refractivity contribution < 1.29 is 27.8 Å². The monoisotopic (exact) mass is 394 g/mol. The Hall–Kier alpha value is -1.19. The van der Waals surface area contributed by atoms with Crippen molar-refractivity contribution in [3.05, 3.63) is 22.3 Å². The molecule has 9 heteroatoms. The maximum atomic E-state index is 12.6. The fraction of sp³-hybridized carbons (Fsp3) is 0.706. The zero-order valence-corrected chi connectivity index (χ0v) is 15.8. The Kier molecular flexibility index (Phi) is 7.42. The minimum absolute atomic E-state index is 0.0715. The summed E-state index contributed by atoms with van der Waals surface area (Å²) < 4.78 is 43.2. The van der Waals surface area contributed by atoms with E-state index in [0.29, 0.717) is 42.7 Å². The highest BCUT2D eigenvalue weighted by molar-refractivity contribution is 8.03. The lowest BCUT2D eigenvalue weighted by molar-refractivity contribution is -0.137. The molecule has 1 unspecified atom stereocenters. The fourth-order valence-electron chi connectivity index (χ4n) is 3.21. The molecule has 1 N–H and O–H groups in total. The van der Waals surface area contributed by atoms with Crippen LogP contribution in [0.3, 0.4) is 0 Å². The number of carbonyl (C=O) groups is 1. The molecule has 2 heterocycles. The van der Waals surface area contributed by atoms with E-state index in [2.05, 4.69) is 4.90 Å². The third-order valence-corrected chi connectivity index (χ3v) is 5.36. The largest absolute Gasteiger partial charge is 0.478 e. The highest BCUT2D eigenvalue weighted by Gasteiger charge is 2.35. The number of carboxylic acids is 1. The van der Waals surface area contributed by atoms with E-state index in [-0.39, 0.29) is 24.7 Å². The summed E-state index contributed by atoms with van der Waals surface area (Å²) in [7, 11) is 0. The number of alkyl halides is 3. The Bertz CT molecular complexity index is 572. The third kappa shape index (κ3) is 5.40. The number of carboxylic acid groups (broad SMARTS) is 1. The fourth-order valence-corrected chi connectivity index (χ4v) is 4.24. The van der Waals surface area contributed by atoms with E-state index >= 15 is 0 Å². The summed E-state index contributed by atoms with van der Waals surface area (Å²) >= 11 is 1.37. The molecular formula is C17H25F3N2O3S. The Labute approximate surface area is 155 Å². The first-order valence-electron chi connectivity index (χ1n) is 8.69. The topological polar surface area (TPSA) is 53.0 Å². The van der Waals surface area contributed by atoms with Crippen LogP contribution >= 0.6 is 11.8 Å². The van der Waals surface area contributed by atoms with Crippen LogP contribution in [0.2, 0.25) is 0 Å². The Balaban J connectivity index is 2.31. The summed E-state index contributed by atoms with van der Waals surface area (Å²) in [6.45, 7) is 6.26. The molecule has 26 heavy (non-hydrogen) atoms. The average molecular weight is 394 g/mol. The second-order valence-corrected chi connectivity index (χ2v) is 7.49. The van der Waals surface area contributed by atoms with Gasteiger partial charge in [-0.25, -0.2) is 4.79 Å². The van der Waals surface area contributed by atoms with Crippen LogP contribution in [0.25, 0.3) is 0 Å². The second kappa shape index (κ2) is 9.14. The summed E-state index contributed by atoms with van der Waals surface area (Å²) in [4.78, 5) is 15.7. The van der Waals surface area contributed by atoms with Crippen LogP contribution < -0.4 is 0 Å². The van der Waals surface area contributed by atoms with Crippen LogP contribution in [0.1, 0.15) is 26.7 Å². The lowest BCUT2D eigenvalue weighted by Gasteiger charge is -2.44. The van der Waals surface area contributed by atoms with Gasteiger partial charge < -0.3 is 14.7 Å². The Morgan fingerprint density at radius 2 is 2.04 bits per heavy atom. The first-order valence-corrected chi connectivity index (χ1v) is 9.67. The predicted molar refractivity (Wildman–Crippen MR) is 94.7 cm³/mol. The molecule has 2 aliphatic rings. The van der Waals surface area contributed by atoms with Crippen molar-refractivity contribution in [1.82, 2.24) is 9.80 Å². The zero-order chi connectivity index (χ0) is 19.3. The van der Waals surface area contributed by atoms with Crippen molar-refractivity contribution >= 4 is 17.7 Å². The molecule has 0 radical (unpaired) electrons. The molecule has 0 aromatic carbocycles. The van der Waals surface area contributed by atoms with E-state index < -0.39 is 18.6 Å². The summed E-state index contributed by atoms with van der Waals surface area (Å²) in [6.07, 6.45) is -3.56. The van der Waals surface area contributed by atoms with Gasteiger partial charge >= 0.3 is 12.1 Å². The standard InChI is InChI=1S/C17H25F3N2O3S/c1-3-26-15-14(16(23)24)12(2)11-13(21-7-9-25-10-8-21)22(15)6-4-5-17(18,19)20/h11,13H,3-10H2,1-2H3,(H,23,24). The Morgan fingerprint density at radius 3 is 2.58 bits per heavy atom. The van der Waals surface area contributed by atoms with Crippen LogP contribution in [-0.2, 0) is 9.53 Å². The van der Waals surface area contributed by atoms with E-state index in [1.807, 2.05) is 17.9 Å². The summed E-state index contributed by atoms with van der Waals surface area (Å²) in [5.41, 5.74) is 0.838. The third-order valence-electron chi connectivity index (χ3n) is 4.36. The normalized spacial score (nSPS) is 22.6. The number of aliphatic carboxylic acids is 1. The lowest BCUT2D eigenvalue weighted by Crippen LogP contribution is -2.52. The number of nitrogens with zero attached hydrogens (tertiary/aromatic N) is 2. The molecule has 0 aromatic heterocycles. The number of rotatable bonds is 7. The minimum atomic E-state index is -4.21. The molecule has 2 rings (SSSR count). The molecule has 0 aromatic rings. The number of ether oxygens (including phenoxy) is 1. The van der Waals surface area contributed by atoms with Gasteiger partial charge in [0.15, 0.2) is 0 Å². The molecule has 0 spiro atoms. The number of halogens is 3. The summed E-state index contributed by atoms with van der Waals surface area (Å²) in [6, 6.07) is 0. The highest BCUT2D eigenvalue weighted by atomic mass is 32.2. The first-order chi connectivity index (χ1) is 12.2. The van der Waals surface area contributed by atoms with Gasteiger partial charge in [-0.05, 0) is 30.7 Å². The highest BCUT2D eigenvalue weighted by Crippen LogP contribution is 2.36. The molecule has 2 aliphatic heterocycles. The summed E-state index contributed by atoms with van der Waals surface area (Å²) in [5, 5.41) is 10.2. The van der Waals surface area contributed by atoms with Gasteiger partial charge in [-0.1, -0.05) is 6.92 Å². The molecule has 0 saturated carbocycles. The maximum absolute atomic E-state index is 12.6. The van der Waals surface area contributed by atoms with Gasteiger partial charge in [0.05, 0.1) is 23.8 Å². The van der Waals surface area contributed by atoms with Crippen LogP contribution in [-0.4, -0.2) is 71.8 Å². The van der Waals surface area contributed by atoms with E-state index in [1.165, 1.54) is 11.8 Å². The van der Waals surface area contributed by atoms with Gasteiger partial charge in [-0.3, -0.25) is 4.90 Å². The molecule has 5 nitrogen and oxygen atoms in total. The van der Waals surface area contributed by atoms with Crippen LogP contribution in [0.4, 0.5) is 13.2 Å². The molecule has 0 bridgehead atoms.